The molecule has 1 N–H and O–H groups in total. The van der Waals surface area contributed by atoms with E-state index in [9.17, 15) is 4.79 Å². The fraction of sp³-hybridized carbons (Fsp3) is 0.0909. The van der Waals surface area contributed by atoms with Crippen LogP contribution in [0.25, 0.3) is 10.8 Å². The number of aromatic nitrogens is 3. The molecule has 0 saturated heterocycles. The molecule has 0 aromatic carbocycles. The maximum absolute atomic E-state index is 11.8. The number of hydrogen-bond donors (Lipinski definition) is 1. The largest absolute Gasteiger partial charge is 0.402 e. The van der Waals surface area contributed by atoms with Crippen molar-refractivity contribution >= 4 is 39.2 Å². The van der Waals surface area contributed by atoms with Crippen LogP contribution in [0.15, 0.2) is 30.9 Å². The van der Waals surface area contributed by atoms with Crippen LogP contribution in [-0.4, -0.2) is 21.3 Å². The lowest BCUT2D eigenvalue weighted by atomic mass is 10.3. The standard InChI is InChI=1S/C11H7BrN4O3S/c1-5-4-6(16-19-5)9(17)13-11-15-14-10(18-11)7-2-3-8(12)20-7/h2-4H,1H3,(H,13,15,17). The van der Waals surface area contributed by atoms with Gasteiger partial charge in [0, 0.05) is 6.07 Å². The number of amides is 1. The third-order valence-electron chi connectivity index (χ3n) is 2.29. The van der Waals surface area contributed by atoms with Crippen molar-refractivity contribution in [3.8, 4) is 10.8 Å². The van der Waals surface area contributed by atoms with Crippen LogP contribution in [0.2, 0.25) is 0 Å². The van der Waals surface area contributed by atoms with E-state index in [1.807, 2.05) is 12.1 Å². The monoisotopic (exact) mass is 354 g/mol. The van der Waals surface area contributed by atoms with E-state index < -0.39 is 5.91 Å². The van der Waals surface area contributed by atoms with Crippen LogP contribution < -0.4 is 5.32 Å². The van der Waals surface area contributed by atoms with E-state index in [1.165, 1.54) is 17.4 Å². The molecule has 0 aliphatic heterocycles. The first kappa shape index (κ1) is 13.0. The van der Waals surface area contributed by atoms with Crippen molar-refractivity contribution in [2.45, 2.75) is 6.92 Å². The molecule has 0 spiro atoms. The molecule has 102 valence electrons. The lowest BCUT2D eigenvalue weighted by Crippen LogP contribution is -2.12. The van der Waals surface area contributed by atoms with E-state index in [2.05, 4.69) is 36.6 Å². The summed E-state index contributed by atoms with van der Waals surface area (Å²) in [6.45, 7) is 1.70. The first-order valence-electron chi connectivity index (χ1n) is 5.46. The number of nitrogens with one attached hydrogen (secondary N) is 1. The zero-order chi connectivity index (χ0) is 14.1. The summed E-state index contributed by atoms with van der Waals surface area (Å²) in [6.07, 6.45) is 0. The maximum Gasteiger partial charge on any atom is 0.322 e. The van der Waals surface area contributed by atoms with Gasteiger partial charge in [-0.1, -0.05) is 10.3 Å². The van der Waals surface area contributed by atoms with Gasteiger partial charge in [-0.15, -0.1) is 16.4 Å². The van der Waals surface area contributed by atoms with Crippen molar-refractivity contribution in [2.75, 3.05) is 5.32 Å². The molecule has 0 bridgehead atoms. The number of anilines is 1. The van der Waals surface area contributed by atoms with Crippen molar-refractivity contribution in [2.24, 2.45) is 0 Å². The average Bonchev–Trinajstić information content (AvgIpc) is 3.10. The molecule has 7 nitrogen and oxygen atoms in total. The van der Waals surface area contributed by atoms with Gasteiger partial charge in [-0.3, -0.25) is 10.1 Å². The Balaban J connectivity index is 1.76. The van der Waals surface area contributed by atoms with Crippen LogP contribution in [-0.2, 0) is 0 Å². The molecule has 0 radical (unpaired) electrons. The highest BCUT2D eigenvalue weighted by atomic mass is 79.9. The van der Waals surface area contributed by atoms with Crippen LogP contribution in [0, 0.1) is 6.92 Å². The number of aryl methyl sites for hydroxylation is 1. The highest BCUT2D eigenvalue weighted by Crippen LogP contribution is 2.30. The Bertz CT molecular complexity index is 763. The normalized spacial score (nSPS) is 10.7. The quantitative estimate of drug-likeness (QED) is 0.776. The van der Waals surface area contributed by atoms with Gasteiger partial charge in [0.05, 0.1) is 8.66 Å². The van der Waals surface area contributed by atoms with E-state index in [4.69, 9.17) is 8.94 Å². The Morgan fingerprint density at radius 1 is 1.40 bits per heavy atom. The van der Waals surface area contributed by atoms with Crippen molar-refractivity contribution < 1.29 is 13.7 Å². The third kappa shape index (κ3) is 2.63. The topological polar surface area (TPSA) is 94.1 Å². The number of halogens is 1. The molecular weight excluding hydrogens is 348 g/mol. The van der Waals surface area contributed by atoms with Crippen LogP contribution >= 0.6 is 27.3 Å². The summed E-state index contributed by atoms with van der Waals surface area (Å²) >= 11 is 4.80. The Kier molecular flexibility index (Phi) is 3.36. The molecule has 9 heteroatoms. The molecule has 3 rings (SSSR count). The molecule has 0 unspecified atom stereocenters. The smallest absolute Gasteiger partial charge is 0.322 e. The molecule has 0 fully saturated rings. The average molecular weight is 355 g/mol. The fourth-order valence-corrected chi connectivity index (χ4v) is 2.74. The van der Waals surface area contributed by atoms with Crippen LogP contribution in [0.1, 0.15) is 16.2 Å². The summed E-state index contributed by atoms with van der Waals surface area (Å²) in [4.78, 5) is 12.6. The number of carbonyl (C=O) groups excluding carboxylic acids is 1. The molecule has 3 aromatic rings. The van der Waals surface area contributed by atoms with Gasteiger partial charge in [0.15, 0.2) is 5.69 Å². The molecule has 3 heterocycles. The summed E-state index contributed by atoms with van der Waals surface area (Å²) in [6, 6.07) is 5.24. The molecule has 3 aromatic heterocycles. The zero-order valence-electron chi connectivity index (χ0n) is 10.1. The van der Waals surface area contributed by atoms with Gasteiger partial charge in [-0.2, -0.15) is 0 Å². The molecule has 0 atom stereocenters. The van der Waals surface area contributed by atoms with Gasteiger partial charge in [0.25, 0.3) is 11.8 Å². The summed E-state index contributed by atoms with van der Waals surface area (Å²) < 4.78 is 11.1. The number of thiophene rings is 1. The molecule has 0 saturated carbocycles. The highest BCUT2D eigenvalue weighted by molar-refractivity contribution is 9.11. The van der Waals surface area contributed by atoms with Crippen molar-refractivity contribution in [1.82, 2.24) is 15.4 Å². The molecule has 1 amide bonds. The second-order valence-electron chi connectivity index (χ2n) is 3.79. The van der Waals surface area contributed by atoms with Gasteiger partial charge < -0.3 is 8.94 Å². The van der Waals surface area contributed by atoms with Gasteiger partial charge in [0.2, 0.25) is 0 Å². The first-order valence-corrected chi connectivity index (χ1v) is 7.06. The third-order valence-corrected chi connectivity index (χ3v) is 3.90. The lowest BCUT2D eigenvalue weighted by Gasteiger charge is -1.94. The van der Waals surface area contributed by atoms with Crippen LogP contribution in [0.5, 0.6) is 0 Å². The summed E-state index contributed by atoms with van der Waals surface area (Å²) in [5, 5.41) is 13.7. The Morgan fingerprint density at radius 3 is 2.90 bits per heavy atom. The second kappa shape index (κ2) is 5.17. The van der Waals surface area contributed by atoms with Gasteiger partial charge in [0.1, 0.15) is 5.76 Å². The van der Waals surface area contributed by atoms with Crippen molar-refractivity contribution in [3.63, 3.8) is 0 Å². The number of rotatable bonds is 3. The molecule has 0 aliphatic carbocycles. The van der Waals surface area contributed by atoms with E-state index in [0.717, 1.165) is 8.66 Å². The van der Waals surface area contributed by atoms with Crippen LogP contribution in [0.3, 0.4) is 0 Å². The SMILES string of the molecule is Cc1cc(C(=O)Nc2nnc(-c3ccc(Br)s3)o2)no1. The highest BCUT2D eigenvalue weighted by Gasteiger charge is 2.16. The number of nitrogens with zero attached hydrogens (tertiary/aromatic N) is 3. The van der Waals surface area contributed by atoms with E-state index in [0.29, 0.717) is 11.7 Å². The maximum atomic E-state index is 11.8. The number of hydrogen-bond acceptors (Lipinski definition) is 7. The summed E-state index contributed by atoms with van der Waals surface area (Å²) in [7, 11) is 0. The van der Waals surface area contributed by atoms with Crippen molar-refractivity contribution in [1.29, 1.82) is 0 Å². The molecule has 0 aliphatic rings. The summed E-state index contributed by atoms with van der Waals surface area (Å²) in [5.74, 6) is 0.418. The Morgan fingerprint density at radius 2 is 2.25 bits per heavy atom. The van der Waals surface area contributed by atoms with Gasteiger partial charge >= 0.3 is 6.01 Å². The van der Waals surface area contributed by atoms with E-state index in [1.54, 1.807) is 6.92 Å². The minimum Gasteiger partial charge on any atom is -0.402 e. The van der Waals surface area contributed by atoms with E-state index >= 15 is 0 Å². The molecular formula is C11H7BrN4O3S. The Hall–Kier alpha value is -2.00. The fourth-order valence-electron chi connectivity index (χ4n) is 1.44. The predicted octanol–water partition coefficient (Wildman–Crippen LogP) is 3.11. The first-order chi connectivity index (χ1) is 9.61. The lowest BCUT2D eigenvalue weighted by molar-refractivity contribution is 0.101. The Labute approximate surface area is 125 Å². The minimum absolute atomic E-state index is 0.00942. The second-order valence-corrected chi connectivity index (χ2v) is 6.26. The van der Waals surface area contributed by atoms with Gasteiger partial charge in [-0.05, 0) is 35.0 Å². The molecule has 20 heavy (non-hydrogen) atoms. The minimum atomic E-state index is -0.468. The van der Waals surface area contributed by atoms with Crippen LogP contribution in [0.4, 0.5) is 6.01 Å². The predicted molar refractivity (Wildman–Crippen MR) is 74.5 cm³/mol. The van der Waals surface area contributed by atoms with Crippen molar-refractivity contribution in [3.05, 3.63) is 33.4 Å². The summed E-state index contributed by atoms with van der Waals surface area (Å²) in [5.41, 5.74) is 0.154. The number of carbonyl (C=O) groups is 1. The zero-order valence-corrected chi connectivity index (χ0v) is 12.5. The van der Waals surface area contributed by atoms with E-state index in [-0.39, 0.29) is 11.7 Å². The van der Waals surface area contributed by atoms with Gasteiger partial charge in [-0.25, -0.2) is 0 Å².